The van der Waals surface area contributed by atoms with Crippen molar-refractivity contribution in [1.82, 2.24) is 14.8 Å². The number of hydrogen-bond donors (Lipinski definition) is 1. The van der Waals surface area contributed by atoms with Crippen molar-refractivity contribution in [3.63, 3.8) is 0 Å². The second-order valence-electron chi connectivity index (χ2n) is 7.32. The molecule has 10 heteroatoms. The van der Waals surface area contributed by atoms with Crippen molar-refractivity contribution in [1.29, 1.82) is 0 Å². The van der Waals surface area contributed by atoms with Crippen LogP contribution in [0.2, 0.25) is 0 Å². The van der Waals surface area contributed by atoms with Gasteiger partial charge in [0.05, 0.1) is 34.0 Å². The minimum absolute atomic E-state index is 0.0170. The monoisotopic (exact) mass is 442 g/mol. The van der Waals surface area contributed by atoms with Gasteiger partial charge in [-0.25, -0.2) is 22.5 Å². The number of nitrogens with one attached hydrogen (secondary N) is 1. The molecular weight excluding hydrogens is 423 g/mol. The van der Waals surface area contributed by atoms with Crippen LogP contribution in [0.15, 0.2) is 58.2 Å². The Kier molecular flexibility index (Phi) is 5.10. The second-order valence-corrected chi connectivity index (χ2v) is 9.34. The van der Waals surface area contributed by atoms with E-state index in [1.807, 2.05) is 13.8 Å². The smallest absolute Gasteiger partial charge is 0.256 e. The Morgan fingerprint density at radius 2 is 2.00 bits per heavy atom. The van der Waals surface area contributed by atoms with Crippen LogP contribution in [0.1, 0.15) is 30.2 Å². The molecule has 0 aliphatic rings. The number of rotatable bonds is 5. The number of sulfone groups is 1. The number of nitrogens with zero attached hydrogens (tertiary/aromatic N) is 3. The third-order valence-electron chi connectivity index (χ3n) is 4.69. The average Bonchev–Trinajstić information content (AvgIpc) is 3.37. The summed E-state index contributed by atoms with van der Waals surface area (Å²) in [6, 6.07) is 8.16. The Hall–Kier alpha value is -3.53. The van der Waals surface area contributed by atoms with Crippen LogP contribution < -0.4 is 5.32 Å². The number of aromatic nitrogens is 3. The molecule has 0 unspecified atom stereocenters. The van der Waals surface area contributed by atoms with Gasteiger partial charge >= 0.3 is 0 Å². The lowest BCUT2D eigenvalue weighted by Crippen LogP contribution is -2.15. The zero-order valence-corrected chi connectivity index (χ0v) is 17.8. The molecule has 4 rings (SSSR count). The molecule has 1 N–H and O–H groups in total. The summed E-state index contributed by atoms with van der Waals surface area (Å²) in [5, 5.41) is 7.26. The number of pyridine rings is 1. The summed E-state index contributed by atoms with van der Waals surface area (Å²) in [7, 11) is -3.57. The lowest BCUT2D eigenvalue weighted by Gasteiger charge is -2.11. The van der Waals surface area contributed by atoms with E-state index < -0.39 is 21.6 Å². The Balaban J connectivity index is 1.83. The number of carbonyl (C=O) groups is 1. The summed E-state index contributed by atoms with van der Waals surface area (Å²) in [6.07, 6.45) is 4.02. The second kappa shape index (κ2) is 7.62. The number of hydrogen-bond acceptors (Lipinski definition) is 6. The number of halogens is 1. The molecule has 4 aromatic rings. The van der Waals surface area contributed by atoms with Gasteiger partial charge in [0.1, 0.15) is 11.5 Å². The Bertz CT molecular complexity index is 1390. The van der Waals surface area contributed by atoms with Crippen molar-refractivity contribution in [2.45, 2.75) is 24.8 Å². The Labute approximate surface area is 177 Å². The molecule has 0 bridgehead atoms. The molecule has 160 valence electrons. The third kappa shape index (κ3) is 3.93. The molecule has 1 aromatic carbocycles. The topological polar surface area (TPSA) is 107 Å². The highest BCUT2D eigenvalue weighted by Crippen LogP contribution is 2.28. The molecule has 0 fully saturated rings. The van der Waals surface area contributed by atoms with Gasteiger partial charge in [0.15, 0.2) is 21.2 Å². The fraction of sp³-hybridized carbons (Fsp3) is 0.190. The molecule has 0 saturated heterocycles. The van der Waals surface area contributed by atoms with Crippen molar-refractivity contribution in [3.8, 4) is 11.5 Å². The van der Waals surface area contributed by atoms with Crippen LogP contribution >= 0.6 is 0 Å². The number of benzene rings is 1. The van der Waals surface area contributed by atoms with Gasteiger partial charge in [0.25, 0.3) is 5.91 Å². The summed E-state index contributed by atoms with van der Waals surface area (Å²) >= 11 is 0. The Morgan fingerprint density at radius 3 is 2.65 bits per heavy atom. The van der Waals surface area contributed by atoms with E-state index >= 15 is 0 Å². The molecule has 0 saturated carbocycles. The average molecular weight is 442 g/mol. The number of fused-ring (bicyclic) bond motifs is 1. The molecule has 0 aliphatic carbocycles. The number of anilines is 1. The van der Waals surface area contributed by atoms with Crippen molar-refractivity contribution < 1.29 is 22.0 Å². The minimum atomic E-state index is -3.57. The first-order chi connectivity index (χ1) is 14.6. The van der Waals surface area contributed by atoms with Crippen molar-refractivity contribution in [2.75, 3.05) is 11.6 Å². The third-order valence-corrected chi connectivity index (χ3v) is 5.80. The quantitative estimate of drug-likeness (QED) is 0.467. The molecule has 1 amide bonds. The van der Waals surface area contributed by atoms with Gasteiger partial charge in [0, 0.05) is 12.3 Å². The van der Waals surface area contributed by atoms with E-state index in [2.05, 4.69) is 15.4 Å². The zero-order chi connectivity index (χ0) is 22.3. The maximum Gasteiger partial charge on any atom is 0.256 e. The normalized spacial score (nSPS) is 11.9. The first-order valence-corrected chi connectivity index (χ1v) is 11.3. The van der Waals surface area contributed by atoms with E-state index in [1.165, 1.54) is 18.5 Å². The van der Waals surface area contributed by atoms with E-state index in [0.29, 0.717) is 22.5 Å². The van der Waals surface area contributed by atoms with E-state index in [4.69, 9.17) is 4.42 Å². The summed E-state index contributed by atoms with van der Waals surface area (Å²) in [6.45, 7) is 3.86. The Morgan fingerprint density at radius 1 is 1.23 bits per heavy atom. The van der Waals surface area contributed by atoms with Crippen molar-refractivity contribution >= 4 is 32.5 Å². The molecule has 0 spiro atoms. The lowest BCUT2D eigenvalue weighted by atomic mass is 10.1. The summed E-state index contributed by atoms with van der Waals surface area (Å²) < 4.78 is 45.0. The van der Waals surface area contributed by atoms with E-state index in [0.717, 1.165) is 24.5 Å². The molecule has 0 atom stereocenters. The predicted molar refractivity (Wildman–Crippen MR) is 113 cm³/mol. The summed E-state index contributed by atoms with van der Waals surface area (Å²) in [5.41, 5.74) is 0.843. The minimum Gasteiger partial charge on any atom is -0.463 e. The fourth-order valence-corrected chi connectivity index (χ4v) is 3.80. The van der Waals surface area contributed by atoms with Crippen LogP contribution in [0, 0.1) is 5.82 Å². The van der Waals surface area contributed by atoms with Gasteiger partial charge in [-0.1, -0.05) is 0 Å². The summed E-state index contributed by atoms with van der Waals surface area (Å²) in [4.78, 5) is 17.6. The maximum absolute atomic E-state index is 14.3. The first-order valence-electron chi connectivity index (χ1n) is 9.38. The zero-order valence-electron chi connectivity index (χ0n) is 17.0. The van der Waals surface area contributed by atoms with Crippen LogP contribution in [0.25, 0.3) is 22.5 Å². The fourth-order valence-electron chi connectivity index (χ4n) is 3.15. The largest absolute Gasteiger partial charge is 0.463 e. The molecule has 3 heterocycles. The van der Waals surface area contributed by atoms with E-state index in [-0.39, 0.29) is 22.2 Å². The molecule has 8 nitrogen and oxygen atoms in total. The van der Waals surface area contributed by atoms with Gasteiger partial charge < -0.3 is 9.73 Å². The standard InChI is InChI=1S/C21H19FN4O4S/c1-12(2)26-20-15(11-23-26)14(10-18(24-20)19-5-4-8-30-19)21(27)25-17-9-13(31(3,28)29)6-7-16(17)22/h4-12H,1-3H3,(H,25,27). The number of amides is 1. The van der Waals surface area contributed by atoms with Crippen molar-refractivity contribution in [2.24, 2.45) is 0 Å². The highest BCUT2D eigenvalue weighted by molar-refractivity contribution is 7.90. The molecule has 0 radical (unpaired) electrons. The van der Waals surface area contributed by atoms with Crippen molar-refractivity contribution in [3.05, 3.63) is 60.2 Å². The first kappa shape index (κ1) is 20.7. The van der Waals surface area contributed by atoms with Crippen LogP contribution in [0.3, 0.4) is 0 Å². The highest BCUT2D eigenvalue weighted by Gasteiger charge is 2.21. The maximum atomic E-state index is 14.3. The number of carbonyl (C=O) groups excluding carboxylic acids is 1. The molecular formula is C21H19FN4O4S. The van der Waals surface area contributed by atoms with Crippen LogP contribution in [0.4, 0.5) is 10.1 Å². The van der Waals surface area contributed by atoms with Gasteiger partial charge in [-0.15, -0.1) is 0 Å². The molecule has 31 heavy (non-hydrogen) atoms. The van der Waals surface area contributed by atoms with Gasteiger partial charge in [-0.3, -0.25) is 4.79 Å². The van der Waals surface area contributed by atoms with Gasteiger partial charge in [0.2, 0.25) is 0 Å². The number of furan rings is 1. The van der Waals surface area contributed by atoms with Gasteiger partial charge in [-0.05, 0) is 50.2 Å². The molecule has 0 aliphatic heterocycles. The van der Waals surface area contributed by atoms with E-state index in [1.54, 1.807) is 16.8 Å². The van der Waals surface area contributed by atoms with E-state index in [9.17, 15) is 17.6 Å². The van der Waals surface area contributed by atoms with Crippen LogP contribution in [-0.2, 0) is 9.84 Å². The van der Waals surface area contributed by atoms with Gasteiger partial charge in [-0.2, -0.15) is 5.10 Å². The predicted octanol–water partition coefficient (Wildman–Crippen LogP) is 4.07. The molecule has 3 aromatic heterocycles. The SMILES string of the molecule is CC(C)n1ncc2c(C(=O)Nc3cc(S(C)(=O)=O)ccc3F)cc(-c3ccco3)nc21. The highest BCUT2D eigenvalue weighted by atomic mass is 32.2. The lowest BCUT2D eigenvalue weighted by molar-refractivity contribution is 0.102. The van der Waals surface area contributed by atoms with Crippen LogP contribution in [0.5, 0.6) is 0 Å². The van der Waals surface area contributed by atoms with Crippen LogP contribution in [-0.4, -0.2) is 35.3 Å². The summed E-state index contributed by atoms with van der Waals surface area (Å²) in [5.74, 6) is -0.930.